The minimum Gasteiger partial charge on any atom is -0.507 e. The molecule has 0 unspecified atom stereocenters. The molecule has 10 N–H and O–H groups in total. The van der Waals surface area contributed by atoms with Gasteiger partial charge in [0.25, 0.3) is 20.2 Å². The van der Waals surface area contributed by atoms with Crippen molar-refractivity contribution < 1.29 is 60.3 Å². The predicted molar refractivity (Wildman–Crippen MR) is 175 cm³/mol. The van der Waals surface area contributed by atoms with Crippen LogP contribution in [0.5, 0.6) is 5.75 Å². The number of rotatable bonds is 18. The molecule has 0 amide bonds. The first-order valence-corrected chi connectivity index (χ1v) is 17.8. The number of benzene rings is 3. The summed E-state index contributed by atoms with van der Waals surface area (Å²) in [6.07, 6.45) is 0. The Labute approximate surface area is 284 Å². The minimum absolute atomic E-state index is 0.108. The summed E-state index contributed by atoms with van der Waals surface area (Å²) in [4.78, 5) is 12.8. The highest BCUT2D eigenvalue weighted by Crippen LogP contribution is 2.42. The maximum Gasteiger partial charge on any atom is 0.266 e. The zero-order valence-electron chi connectivity index (χ0n) is 24.3. The summed E-state index contributed by atoms with van der Waals surface area (Å²) < 4.78 is 71.4. The number of azo groups is 1. The molecule has 1 heterocycles. The zero-order valence-corrected chi connectivity index (χ0v) is 27.6. The zero-order chi connectivity index (χ0) is 35.6. The molecule has 0 fully saturated rings. The van der Waals surface area contributed by atoms with Crippen LogP contribution in [-0.2, 0) is 39.0 Å². The van der Waals surface area contributed by atoms with Crippen LogP contribution >= 0.6 is 24.1 Å². The molecule has 26 heteroatoms. The van der Waals surface area contributed by atoms with Gasteiger partial charge in [0.15, 0.2) is 0 Å². The minimum atomic E-state index is -4.31. The molecule has 49 heavy (non-hydrogen) atoms. The molecule has 0 aliphatic rings. The summed E-state index contributed by atoms with van der Waals surface area (Å²) in [5.41, 5.74) is 6.88. The summed E-state index contributed by atoms with van der Waals surface area (Å²) in [6, 6.07) is 10.5. The summed E-state index contributed by atoms with van der Waals surface area (Å²) >= 11 is 1.16. The maximum atomic E-state index is 11.1. The van der Waals surface area contributed by atoms with Crippen molar-refractivity contribution >= 4 is 95.7 Å². The van der Waals surface area contributed by atoms with E-state index in [1.54, 1.807) is 12.1 Å². The van der Waals surface area contributed by atoms with E-state index < -0.39 is 31.7 Å². The Bertz CT molecular complexity index is 1980. The van der Waals surface area contributed by atoms with Gasteiger partial charge in [0.05, 0.1) is 51.6 Å². The number of nitrogen functional groups attached to an aromatic ring is 1. The number of aromatic nitrogens is 3. The molecule has 3 aromatic carbocycles. The second-order valence-electron chi connectivity index (χ2n) is 9.24. The lowest BCUT2D eigenvalue weighted by Crippen LogP contribution is -2.19. The highest BCUT2D eigenvalue weighted by Gasteiger charge is 2.15. The Morgan fingerprint density at radius 3 is 2.02 bits per heavy atom. The molecule has 0 radical (unpaired) electrons. The molecule has 4 rings (SSSR count). The highest BCUT2D eigenvalue weighted by atomic mass is 32.2. The number of aromatic hydroxyl groups is 1. The van der Waals surface area contributed by atoms with Crippen molar-refractivity contribution in [1.82, 2.24) is 15.0 Å². The van der Waals surface area contributed by atoms with Crippen molar-refractivity contribution in [3.63, 3.8) is 0 Å². The molecule has 0 aliphatic heterocycles. The van der Waals surface area contributed by atoms with Crippen LogP contribution < -0.4 is 21.7 Å². The molecule has 0 spiro atoms. The molecule has 0 atom stereocenters. The first-order chi connectivity index (χ1) is 23.2. The number of nitrogens with two attached hydrogens (primary N) is 1. The van der Waals surface area contributed by atoms with Crippen molar-refractivity contribution in [2.75, 3.05) is 46.3 Å². The van der Waals surface area contributed by atoms with E-state index in [0.717, 1.165) is 0 Å². The largest absolute Gasteiger partial charge is 0.507 e. The molecule has 22 nitrogen and oxygen atoms in total. The molecule has 4 aromatic rings. The van der Waals surface area contributed by atoms with E-state index in [4.69, 9.17) is 25.4 Å². The smallest absolute Gasteiger partial charge is 0.266 e. The van der Waals surface area contributed by atoms with Crippen LogP contribution in [0.3, 0.4) is 0 Å². The number of fused-ring (bicyclic) bond motifs is 1. The lowest BCUT2D eigenvalue weighted by molar-refractivity contribution is -0.432. The van der Waals surface area contributed by atoms with Gasteiger partial charge in [0.1, 0.15) is 17.1 Å². The van der Waals surface area contributed by atoms with Crippen LogP contribution in [0.25, 0.3) is 10.8 Å². The highest BCUT2D eigenvalue weighted by molar-refractivity contribution is 7.95. The fraction of sp³-hybridized carbons (Fsp3) is 0.174. The summed E-state index contributed by atoms with van der Waals surface area (Å²) in [6.45, 7) is -0.587. The van der Waals surface area contributed by atoms with Gasteiger partial charge in [-0.2, -0.15) is 31.8 Å². The van der Waals surface area contributed by atoms with Crippen molar-refractivity contribution in [2.45, 2.75) is 9.79 Å². The van der Waals surface area contributed by atoms with Crippen LogP contribution in [0.15, 0.2) is 62.5 Å². The normalized spacial score (nSPS) is 12.1. The predicted octanol–water partition coefficient (Wildman–Crippen LogP) is 3.93. The Balaban J connectivity index is 1.64. The average Bonchev–Trinajstić information content (AvgIpc) is 3.01. The number of phenolic OH excluding ortho intramolecular Hbond substituents is 1. The standard InChI is InChI=1S/C23H25N9O13S4/c24-15-3-1-12-9-14(46-44-42-34)11-17(33)19(12)20(15)32-31-16-4-2-13(10-18(16)47-45-43-35)27-23-29-21(25-5-7-48(36,37)38)28-22(30-23)26-6-8-49(39,40)41/h1-4,9-11,33-35H,5-8,24H2,(H,36,37,38)(H,39,40,41)(H3,25,26,27,28,29,30). The van der Waals surface area contributed by atoms with E-state index in [-0.39, 0.29) is 64.0 Å². The van der Waals surface area contributed by atoms with Crippen LogP contribution in [0, 0.1) is 0 Å². The quantitative estimate of drug-likeness (QED) is 0.0173. The monoisotopic (exact) mass is 763 g/mol. The van der Waals surface area contributed by atoms with Gasteiger partial charge in [-0.1, -0.05) is 16.1 Å². The molecular weight excluding hydrogens is 739 g/mol. The summed E-state index contributed by atoms with van der Waals surface area (Å²) in [5, 5.41) is 52.4. The lowest BCUT2D eigenvalue weighted by Gasteiger charge is -2.12. The maximum absolute atomic E-state index is 11.1. The lowest BCUT2D eigenvalue weighted by atomic mass is 10.1. The van der Waals surface area contributed by atoms with Crippen LogP contribution in [0.1, 0.15) is 0 Å². The average molecular weight is 764 g/mol. The van der Waals surface area contributed by atoms with Crippen LogP contribution in [0.2, 0.25) is 0 Å². The van der Waals surface area contributed by atoms with Crippen molar-refractivity contribution in [3.8, 4) is 5.75 Å². The first kappa shape index (κ1) is 37.6. The van der Waals surface area contributed by atoms with Gasteiger partial charge in [0.2, 0.25) is 17.8 Å². The number of hydrogen-bond acceptors (Lipinski definition) is 22. The summed E-state index contributed by atoms with van der Waals surface area (Å²) in [7, 11) is -8.62. The van der Waals surface area contributed by atoms with Crippen LogP contribution in [0.4, 0.5) is 40.6 Å². The fourth-order valence-electron chi connectivity index (χ4n) is 3.82. The van der Waals surface area contributed by atoms with E-state index in [0.29, 0.717) is 40.1 Å². The molecule has 0 saturated carbocycles. The first-order valence-electron chi connectivity index (χ1n) is 13.1. The van der Waals surface area contributed by atoms with E-state index in [2.05, 4.69) is 59.9 Å². The van der Waals surface area contributed by atoms with Gasteiger partial charge in [0, 0.05) is 23.7 Å². The third-order valence-electron chi connectivity index (χ3n) is 5.78. The van der Waals surface area contributed by atoms with E-state index in [9.17, 15) is 21.9 Å². The molecule has 0 saturated heterocycles. The second kappa shape index (κ2) is 17.0. The number of phenols is 1. The van der Waals surface area contributed by atoms with Crippen molar-refractivity contribution in [2.24, 2.45) is 10.2 Å². The third-order valence-corrected chi connectivity index (χ3v) is 8.42. The van der Waals surface area contributed by atoms with E-state index in [1.165, 1.54) is 30.3 Å². The number of hydrogen-bond donors (Lipinski definition) is 9. The molecule has 1 aromatic heterocycles. The van der Waals surface area contributed by atoms with E-state index in [1.807, 2.05) is 0 Å². The topological polar surface area (TPSA) is 332 Å². The van der Waals surface area contributed by atoms with E-state index >= 15 is 0 Å². The molecular formula is C23H25N9O13S4. The van der Waals surface area contributed by atoms with Gasteiger partial charge >= 0.3 is 0 Å². The number of anilines is 5. The SMILES string of the molecule is Nc1ccc2cc(SOOO)cc(O)c2c1N=Nc1ccc(Nc2nc(NCCS(=O)(=O)O)nc(NCCS(=O)(=O)O)n2)cc1SOOO. The molecule has 0 aliphatic carbocycles. The van der Waals surface area contributed by atoms with Gasteiger partial charge in [-0.15, -0.1) is 18.9 Å². The molecule has 0 bridgehead atoms. The molecule has 264 valence electrons. The summed E-state index contributed by atoms with van der Waals surface area (Å²) in [5.74, 6) is -2.03. The van der Waals surface area contributed by atoms with Crippen molar-refractivity contribution in [3.05, 3.63) is 42.5 Å². The fourth-order valence-corrected chi connectivity index (χ4v) is 5.46. The Kier molecular flexibility index (Phi) is 13.0. The number of nitrogens with one attached hydrogen (secondary N) is 3. The van der Waals surface area contributed by atoms with Gasteiger partial charge < -0.3 is 26.8 Å². The Morgan fingerprint density at radius 1 is 0.796 bits per heavy atom. The second-order valence-corrected chi connectivity index (χ2v) is 13.9. The van der Waals surface area contributed by atoms with Gasteiger partial charge in [-0.05, 0) is 41.8 Å². The van der Waals surface area contributed by atoms with Gasteiger partial charge in [-0.25, -0.2) is 10.5 Å². The van der Waals surface area contributed by atoms with Crippen LogP contribution in [-0.4, -0.2) is 81.1 Å². The Hall–Kier alpha value is -4.19. The third kappa shape index (κ3) is 11.7. The van der Waals surface area contributed by atoms with Gasteiger partial charge in [-0.3, -0.25) is 9.11 Å². The Morgan fingerprint density at radius 2 is 1.41 bits per heavy atom. The number of nitrogens with zero attached hydrogens (tertiary/aromatic N) is 5. The van der Waals surface area contributed by atoms with Crippen molar-refractivity contribution in [1.29, 1.82) is 0 Å².